The van der Waals surface area contributed by atoms with Gasteiger partial charge in [0.15, 0.2) is 5.78 Å². The predicted molar refractivity (Wildman–Crippen MR) is 30.4 cm³/mol. The van der Waals surface area contributed by atoms with Gasteiger partial charge in [-0.25, -0.2) is 0 Å². The van der Waals surface area contributed by atoms with Crippen molar-refractivity contribution < 1.29 is 4.79 Å². The standard InChI is InChI=1S/C3H2Br2O/c4-1-2(5)3(1)6/h1-2H. The van der Waals surface area contributed by atoms with E-state index >= 15 is 0 Å². The van der Waals surface area contributed by atoms with E-state index in [0.29, 0.717) is 0 Å². The van der Waals surface area contributed by atoms with Crippen LogP contribution in [-0.4, -0.2) is 15.4 Å². The second-order valence-electron chi connectivity index (χ2n) is 1.21. The molecule has 0 radical (unpaired) electrons. The second kappa shape index (κ2) is 1.30. The maximum atomic E-state index is 10.1. The van der Waals surface area contributed by atoms with Gasteiger partial charge in [-0.2, -0.15) is 0 Å². The van der Waals surface area contributed by atoms with Gasteiger partial charge in [0.1, 0.15) is 0 Å². The van der Waals surface area contributed by atoms with E-state index in [9.17, 15) is 4.79 Å². The highest BCUT2D eigenvalue weighted by atomic mass is 79.9. The van der Waals surface area contributed by atoms with Crippen LogP contribution in [0.3, 0.4) is 0 Å². The molecule has 0 bridgehead atoms. The van der Waals surface area contributed by atoms with Crippen LogP contribution in [0.15, 0.2) is 0 Å². The third-order valence-corrected chi connectivity index (χ3v) is 3.36. The molecule has 0 aromatic heterocycles. The molecule has 0 heterocycles. The van der Waals surface area contributed by atoms with E-state index in [0.717, 1.165) is 0 Å². The maximum Gasteiger partial charge on any atom is 0.163 e. The molecule has 1 fully saturated rings. The van der Waals surface area contributed by atoms with E-state index in [1.54, 1.807) is 0 Å². The van der Waals surface area contributed by atoms with E-state index < -0.39 is 0 Å². The fourth-order valence-corrected chi connectivity index (χ4v) is 1.32. The van der Waals surface area contributed by atoms with Gasteiger partial charge in [0.25, 0.3) is 0 Å². The molecule has 1 rings (SSSR count). The van der Waals surface area contributed by atoms with Crippen molar-refractivity contribution in [1.29, 1.82) is 0 Å². The summed E-state index contributed by atoms with van der Waals surface area (Å²) in [6, 6.07) is 0. The van der Waals surface area contributed by atoms with Crippen LogP contribution >= 0.6 is 31.9 Å². The van der Waals surface area contributed by atoms with Crippen LogP contribution in [0.1, 0.15) is 0 Å². The summed E-state index contributed by atoms with van der Waals surface area (Å²) >= 11 is 6.23. The first-order valence-electron chi connectivity index (χ1n) is 1.55. The van der Waals surface area contributed by atoms with Crippen molar-refractivity contribution in [2.75, 3.05) is 0 Å². The number of hydrogen-bond acceptors (Lipinski definition) is 1. The zero-order chi connectivity index (χ0) is 4.73. The number of halogens is 2. The summed E-state index contributed by atoms with van der Waals surface area (Å²) in [5.41, 5.74) is 0. The topological polar surface area (TPSA) is 17.1 Å². The van der Waals surface area contributed by atoms with E-state index in [-0.39, 0.29) is 15.4 Å². The lowest BCUT2D eigenvalue weighted by Gasteiger charge is -1.57. The zero-order valence-electron chi connectivity index (χ0n) is 2.82. The summed E-state index contributed by atoms with van der Waals surface area (Å²) in [6.45, 7) is 0. The Morgan fingerprint density at radius 2 is 1.50 bits per heavy atom. The molecule has 1 aliphatic carbocycles. The molecule has 34 valence electrons. The lowest BCUT2D eigenvalue weighted by Crippen LogP contribution is -1.62. The summed E-state index contributed by atoms with van der Waals surface area (Å²) < 4.78 is 0. The van der Waals surface area contributed by atoms with Crippen molar-refractivity contribution in [2.24, 2.45) is 0 Å². The van der Waals surface area contributed by atoms with Gasteiger partial charge in [-0.15, -0.1) is 0 Å². The first-order valence-corrected chi connectivity index (χ1v) is 3.38. The molecule has 0 aromatic rings. The molecule has 0 spiro atoms. The van der Waals surface area contributed by atoms with Crippen molar-refractivity contribution >= 4 is 37.6 Å². The Bertz CT molecular complexity index is 80.8. The summed E-state index contributed by atoms with van der Waals surface area (Å²) in [6.07, 6.45) is 0. The summed E-state index contributed by atoms with van der Waals surface area (Å²) in [5.74, 6) is 0.259. The summed E-state index contributed by atoms with van der Waals surface area (Å²) in [5, 5.41) is 0. The van der Waals surface area contributed by atoms with Gasteiger partial charge in [0, 0.05) is 0 Å². The Balaban J connectivity index is 2.51. The van der Waals surface area contributed by atoms with Crippen molar-refractivity contribution in [2.45, 2.75) is 9.65 Å². The quantitative estimate of drug-likeness (QED) is 0.551. The molecule has 0 aliphatic heterocycles. The van der Waals surface area contributed by atoms with Crippen LogP contribution in [0.4, 0.5) is 0 Å². The van der Waals surface area contributed by atoms with Crippen LogP contribution in [0.2, 0.25) is 0 Å². The van der Waals surface area contributed by atoms with Crippen LogP contribution in [0.25, 0.3) is 0 Å². The first-order chi connectivity index (χ1) is 2.73. The van der Waals surface area contributed by atoms with E-state index in [1.165, 1.54) is 0 Å². The molecule has 0 N–H and O–H groups in total. The van der Waals surface area contributed by atoms with Crippen LogP contribution in [0, 0.1) is 0 Å². The van der Waals surface area contributed by atoms with E-state index in [2.05, 4.69) is 31.9 Å². The molecule has 1 nitrogen and oxygen atoms in total. The van der Waals surface area contributed by atoms with Gasteiger partial charge in [-0.1, -0.05) is 31.9 Å². The van der Waals surface area contributed by atoms with Crippen molar-refractivity contribution in [1.82, 2.24) is 0 Å². The van der Waals surface area contributed by atoms with Gasteiger partial charge < -0.3 is 0 Å². The molecule has 6 heavy (non-hydrogen) atoms. The van der Waals surface area contributed by atoms with Gasteiger partial charge in [-0.3, -0.25) is 4.79 Å². The number of rotatable bonds is 0. The zero-order valence-corrected chi connectivity index (χ0v) is 5.99. The van der Waals surface area contributed by atoms with Gasteiger partial charge >= 0.3 is 0 Å². The monoisotopic (exact) mass is 212 g/mol. The SMILES string of the molecule is O=C1C(Br)C1Br. The lowest BCUT2D eigenvalue weighted by molar-refractivity contribution is -0.109. The van der Waals surface area contributed by atoms with E-state index in [1.807, 2.05) is 0 Å². The molecule has 0 amide bonds. The highest BCUT2D eigenvalue weighted by molar-refractivity contribution is 9.13. The smallest absolute Gasteiger partial charge is 0.163 e. The van der Waals surface area contributed by atoms with Crippen LogP contribution in [0.5, 0.6) is 0 Å². The maximum absolute atomic E-state index is 10.1. The van der Waals surface area contributed by atoms with Crippen LogP contribution < -0.4 is 0 Å². The fourth-order valence-electron chi connectivity index (χ4n) is 0.182. The predicted octanol–water partition coefficient (Wildman–Crippen LogP) is 1.10. The molecule has 0 saturated heterocycles. The first kappa shape index (κ1) is 4.78. The van der Waals surface area contributed by atoms with Crippen molar-refractivity contribution in [3.8, 4) is 0 Å². The van der Waals surface area contributed by atoms with Gasteiger partial charge in [0.2, 0.25) is 0 Å². The largest absolute Gasteiger partial charge is 0.297 e. The number of Topliss-reactive ketones (excluding diaryl/α,β-unsaturated/α-hetero) is 1. The summed E-state index contributed by atoms with van der Waals surface area (Å²) in [7, 11) is 0. The second-order valence-corrected chi connectivity index (χ2v) is 3.18. The minimum atomic E-state index is 0.109. The number of carbonyl (C=O) groups excluding carboxylic acids is 1. The molecule has 2 unspecified atom stereocenters. The Morgan fingerprint density at radius 1 is 1.33 bits per heavy atom. The molecule has 1 saturated carbocycles. The number of alkyl halides is 2. The summed E-state index contributed by atoms with van der Waals surface area (Å²) in [4.78, 5) is 10.3. The average Bonchev–Trinajstić information content (AvgIpc) is 1.94. The molecule has 0 aromatic carbocycles. The van der Waals surface area contributed by atoms with Gasteiger partial charge in [0.05, 0.1) is 9.65 Å². The van der Waals surface area contributed by atoms with Crippen molar-refractivity contribution in [3.05, 3.63) is 0 Å². The Morgan fingerprint density at radius 3 is 1.50 bits per heavy atom. The fraction of sp³-hybridized carbons (Fsp3) is 0.667. The number of ketones is 1. The Labute approximate surface area is 52.4 Å². The highest BCUT2D eigenvalue weighted by Crippen LogP contribution is 2.32. The minimum Gasteiger partial charge on any atom is -0.297 e. The highest BCUT2D eigenvalue weighted by Gasteiger charge is 2.44. The third kappa shape index (κ3) is 0.540. The van der Waals surface area contributed by atoms with Gasteiger partial charge in [-0.05, 0) is 0 Å². The van der Waals surface area contributed by atoms with E-state index in [4.69, 9.17) is 0 Å². The normalized spacial score (nSPS) is 43.3. The number of hydrogen-bond donors (Lipinski definition) is 0. The lowest BCUT2D eigenvalue weighted by atomic mass is 10.9. The minimum absolute atomic E-state index is 0.109. The average molecular weight is 214 g/mol. The molecular formula is C3H2Br2O. The molecule has 1 aliphatic rings. The Hall–Kier alpha value is 0.630. The molecule has 3 heteroatoms. The molecular weight excluding hydrogens is 212 g/mol. The van der Waals surface area contributed by atoms with Crippen LogP contribution in [-0.2, 0) is 4.79 Å². The molecule has 2 atom stereocenters. The third-order valence-electron chi connectivity index (χ3n) is 0.691. The van der Waals surface area contributed by atoms with Crippen molar-refractivity contribution in [3.63, 3.8) is 0 Å². The number of carbonyl (C=O) groups is 1. The Kier molecular flexibility index (Phi) is 1.04.